The highest BCUT2D eigenvalue weighted by atomic mass is 16.3. The first-order valence-electron chi connectivity index (χ1n) is 11.4. The number of rotatable bonds is 2. The fourth-order valence-corrected chi connectivity index (χ4v) is 4.29. The first kappa shape index (κ1) is 16.6. The normalized spacial score (nSPS) is 13.8. The average molecular weight is 397 g/mol. The molecule has 0 bridgehead atoms. The molecule has 2 aromatic heterocycles. The third-order valence-electron chi connectivity index (χ3n) is 5.70. The lowest BCUT2D eigenvalue weighted by atomic mass is 9.88. The van der Waals surface area contributed by atoms with E-state index in [9.17, 15) is 0 Å². The van der Waals surface area contributed by atoms with Crippen molar-refractivity contribution in [1.29, 1.82) is 0 Å². The van der Waals surface area contributed by atoms with E-state index in [2.05, 4.69) is 49.4 Å². The maximum absolute atomic E-state index is 8.72. The highest BCUT2D eigenvalue weighted by Crippen LogP contribution is 2.37. The Labute approximate surface area is 180 Å². The third kappa shape index (κ3) is 3.17. The molecule has 0 saturated carbocycles. The van der Waals surface area contributed by atoms with E-state index in [0.29, 0.717) is 5.56 Å². The van der Waals surface area contributed by atoms with Crippen molar-refractivity contribution in [3.63, 3.8) is 0 Å². The van der Waals surface area contributed by atoms with Crippen LogP contribution in [0.3, 0.4) is 0 Å². The molecular formula is C28H28NO+. The van der Waals surface area contributed by atoms with E-state index in [0.717, 1.165) is 38.8 Å². The van der Waals surface area contributed by atoms with Gasteiger partial charge in [0.05, 0.1) is 5.56 Å². The molecule has 0 spiro atoms. The van der Waals surface area contributed by atoms with Gasteiger partial charge in [-0.1, -0.05) is 45.0 Å². The van der Waals surface area contributed by atoms with Gasteiger partial charge >= 0.3 is 0 Å². The Balaban J connectivity index is 1.73. The number of furan rings is 1. The molecule has 2 heterocycles. The molecule has 0 aliphatic rings. The highest BCUT2D eigenvalue weighted by Gasteiger charge is 2.20. The van der Waals surface area contributed by atoms with Crippen LogP contribution in [0, 0.1) is 12.3 Å². The lowest BCUT2D eigenvalue weighted by molar-refractivity contribution is -0.660. The lowest BCUT2D eigenvalue weighted by Gasteiger charge is -2.18. The lowest BCUT2D eigenvalue weighted by Crippen LogP contribution is -2.31. The second-order valence-electron chi connectivity index (χ2n) is 9.20. The summed E-state index contributed by atoms with van der Waals surface area (Å²) in [5.41, 5.74) is 5.04. The smallest absolute Gasteiger partial charge is 0.212 e. The quantitative estimate of drug-likeness (QED) is 0.290. The van der Waals surface area contributed by atoms with Crippen LogP contribution in [0.1, 0.15) is 34.6 Å². The summed E-state index contributed by atoms with van der Waals surface area (Å²) in [6.07, 6.45) is 0.497. The minimum absolute atomic E-state index is 0.510. The zero-order chi connectivity index (χ0) is 22.8. The van der Waals surface area contributed by atoms with Crippen molar-refractivity contribution >= 4 is 32.7 Å². The number of aryl methyl sites for hydroxylation is 2. The van der Waals surface area contributed by atoms with Gasteiger partial charge in [-0.15, -0.1) is 0 Å². The molecule has 0 radical (unpaired) electrons. The van der Waals surface area contributed by atoms with Crippen LogP contribution in [0.4, 0.5) is 0 Å². The van der Waals surface area contributed by atoms with Gasteiger partial charge in [-0.05, 0) is 59.3 Å². The van der Waals surface area contributed by atoms with Crippen LogP contribution in [0.25, 0.3) is 44.0 Å². The molecule has 0 aliphatic heterocycles. The Kier molecular flexibility index (Phi) is 3.72. The number of aromatic nitrogens is 1. The fraction of sp³-hybridized carbons (Fsp3) is 0.250. The molecular weight excluding hydrogens is 366 g/mol. The van der Waals surface area contributed by atoms with Gasteiger partial charge in [0.1, 0.15) is 18.2 Å². The predicted octanol–water partition coefficient (Wildman–Crippen LogP) is 7.13. The summed E-state index contributed by atoms with van der Waals surface area (Å²) < 4.78 is 25.8. The van der Waals surface area contributed by atoms with Crippen molar-refractivity contribution in [2.45, 2.75) is 34.1 Å². The van der Waals surface area contributed by atoms with Crippen molar-refractivity contribution in [2.24, 2.45) is 12.5 Å². The summed E-state index contributed by atoms with van der Waals surface area (Å²) >= 11 is 0. The van der Waals surface area contributed by atoms with Crippen molar-refractivity contribution in [1.82, 2.24) is 0 Å². The fourth-order valence-electron chi connectivity index (χ4n) is 4.29. The summed E-state index contributed by atoms with van der Waals surface area (Å²) in [6.45, 7) is 7.91. The minimum atomic E-state index is -1.45. The topological polar surface area (TPSA) is 17.0 Å². The molecule has 0 atom stereocenters. The van der Waals surface area contributed by atoms with Gasteiger partial charge in [0.25, 0.3) is 0 Å². The van der Waals surface area contributed by atoms with Crippen LogP contribution in [0.15, 0.2) is 71.3 Å². The number of hydrogen-bond donors (Lipinski definition) is 0. The predicted molar refractivity (Wildman–Crippen MR) is 126 cm³/mol. The maximum Gasteiger partial charge on any atom is 0.212 e. The van der Waals surface area contributed by atoms with Crippen molar-refractivity contribution in [3.8, 4) is 11.3 Å². The van der Waals surface area contributed by atoms with Crippen LogP contribution in [0.5, 0.6) is 0 Å². The first-order chi connectivity index (χ1) is 15.1. The molecule has 0 amide bonds. The average Bonchev–Trinajstić information content (AvgIpc) is 3.10. The number of fused-ring (bicyclic) bond motifs is 4. The second kappa shape index (κ2) is 6.70. The van der Waals surface area contributed by atoms with Crippen molar-refractivity contribution < 1.29 is 11.7 Å². The zero-order valence-electron chi connectivity index (χ0n) is 20.2. The zero-order valence-corrected chi connectivity index (χ0v) is 18.2. The molecule has 3 aromatic carbocycles. The summed E-state index contributed by atoms with van der Waals surface area (Å²) in [5.74, 6) is 0. The molecule has 5 aromatic rings. The first-order valence-corrected chi connectivity index (χ1v) is 10.4. The molecule has 2 nitrogen and oxygen atoms in total. The van der Waals surface area contributed by atoms with E-state index >= 15 is 0 Å². The van der Waals surface area contributed by atoms with E-state index in [1.165, 1.54) is 10.8 Å². The summed E-state index contributed by atoms with van der Waals surface area (Å²) in [7, 11) is 2.00. The molecule has 0 N–H and O–H groups in total. The molecule has 150 valence electrons. The van der Waals surface area contributed by atoms with Crippen molar-refractivity contribution in [3.05, 3.63) is 78.0 Å². The number of pyridine rings is 1. The second-order valence-corrected chi connectivity index (χ2v) is 9.20. The summed E-state index contributed by atoms with van der Waals surface area (Å²) in [6, 6.07) is 20.8. The van der Waals surface area contributed by atoms with E-state index in [1.807, 2.05) is 56.8 Å². The Morgan fingerprint density at radius 3 is 2.40 bits per heavy atom. The van der Waals surface area contributed by atoms with Crippen molar-refractivity contribution in [2.75, 3.05) is 0 Å². The Morgan fingerprint density at radius 1 is 0.933 bits per heavy atom. The molecule has 30 heavy (non-hydrogen) atoms. The van der Waals surface area contributed by atoms with Gasteiger partial charge in [-0.2, -0.15) is 0 Å². The van der Waals surface area contributed by atoms with E-state index < -0.39 is 11.8 Å². The largest absolute Gasteiger partial charge is 0.456 e. The van der Waals surface area contributed by atoms with Crippen LogP contribution in [-0.2, 0) is 13.4 Å². The van der Waals surface area contributed by atoms with Crippen LogP contribution in [0.2, 0.25) is 0 Å². The Hall–Kier alpha value is -3.13. The number of nitrogens with zero attached hydrogens (tertiary/aromatic N) is 1. The standard InChI is InChI=1S/C28H28NO/c1-18-22(25-14-19(12-13-29(25)5)17-28(2,3)4)10-11-23-24-15-20-8-6-7-9-21(20)16-26(24)30-27(18)23/h6-16H,17H2,1-5H3/q+1/i17D2. The molecule has 0 aliphatic carbocycles. The number of hydrogen-bond acceptors (Lipinski definition) is 1. The number of benzene rings is 3. The molecule has 0 saturated heterocycles. The molecule has 0 unspecified atom stereocenters. The SMILES string of the molecule is [2H]C([2H])(c1cc[n+](C)c(-c2ccc3c(oc4cc5ccccc5cc43)c2C)c1)C(C)(C)C. The molecule has 2 heteroatoms. The third-order valence-corrected chi connectivity index (χ3v) is 5.70. The van der Waals surface area contributed by atoms with Gasteiger partial charge in [0.15, 0.2) is 6.20 Å². The summed E-state index contributed by atoms with van der Waals surface area (Å²) in [4.78, 5) is 0. The Morgan fingerprint density at radius 2 is 1.67 bits per heavy atom. The maximum atomic E-state index is 8.72. The van der Waals surface area contributed by atoms with Crippen LogP contribution < -0.4 is 4.57 Å². The summed E-state index contributed by atoms with van der Waals surface area (Å²) in [5, 5.41) is 4.60. The molecule has 5 rings (SSSR count). The van der Waals surface area contributed by atoms with Crippen LogP contribution in [-0.4, -0.2) is 0 Å². The van der Waals surface area contributed by atoms with Crippen LogP contribution >= 0.6 is 0 Å². The van der Waals surface area contributed by atoms with Gasteiger partial charge in [0.2, 0.25) is 5.69 Å². The highest BCUT2D eigenvalue weighted by molar-refractivity contribution is 6.11. The van der Waals surface area contributed by atoms with Gasteiger partial charge < -0.3 is 4.42 Å². The molecule has 0 fully saturated rings. The monoisotopic (exact) mass is 396 g/mol. The van der Waals surface area contributed by atoms with E-state index in [-0.39, 0.29) is 0 Å². The van der Waals surface area contributed by atoms with Gasteiger partial charge in [0, 0.05) is 31.2 Å². The van der Waals surface area contributed by atoms with E-state index in [1.54, 1.807) is 0 Å². The van der Waals surface area contributed by atoms with E-state index in [4.69, 9.17) is 7.16 Å². The minimum Gasteiger partial charge on any atom is -0.456 e. The van der Waals surface area contributed by atoms with Gasteiger partial charge in [-0.3, -0.25) is 0 Å². The van der Waals surface area contributed by atoms with Gasteiger partial charge in [-0.25, -0.2) is 4.57 Å². The Bertz CT molecular complexity index is 1510.